The van der Waals surface area contributed by atoms with E-state index >= 15 is 0 Å². The molecule has 0 aliphatic heterocycles. The number of amides is 1. The zero-order valence-electron chi connectivity index (χ0n) is 14.6. The molecule has 5 heteroatoms. The molecule has 0 unspecified atom stereocenters. The monoisotopic (exact) mass is 308 g/mol. The van der Waals surface area contributed by atoms with Gasteiger partial charge in [0.25, 0.3) is 0 Å². The smallest absolute Gasteiger partial charge is 0.340 e. The second-order valence-corrected chi connectivity index (χ2v) is 5.69. The van der Waals surface area contributed by atoms with Gasteiger partial charge in [0, 0.05) is 30.9 Å². The minimum atomic E-state index is -0.289. The molecule has 0 saturated carbocycles. The third-order valence-corrected chi connectivity index (χ3v) is 4.17. The lowest BCUT2D eigenvalue weighted by atomic mass is 10.1. The Kier molecular flexibility index (Phi) is 6.65. The molecule has 1 aromatic heterocycles. The Morgan fingerprint density at radius 2 is 1.91 bits per heavy atom. The number of hydrogen-bond acceptors (Lipinski definition) is 3. The van der Waals surface area contributed by atoms with E-state index in [2.05, 4.69) is 5.32 Å². The van der Waals surface area contributed by atoms with Crippen LogP contribution in [0.2, 0.25) is 0 Å². The molecule has 5 nitrogen and oxygen atoms in total. The molecule has 0 aliphatic carbocycles. The number of aromatic nitrogens is 1. The fraction of sp³-hybridized carbons (Fsp3) is 0.647. The highest BCUT2D eigenvalue weighted by Crippen LogP contribution is 2.23. The summed E-state index contributed by atoms with van der Waals surface area (Å²) < 4.78 is 7.10. The normalized spacial score (nSPS) is 12.1. The van der Waals surface area contributed by atoms with Crippen LogP contribution < -0.4 is 5.32 Å². The zero-order valence-corrected chi connectivity index (χ0v) is 14.6. The standard InChI is InChI=1S/C17H28N2O3/c1-7-11(3)18-15(20)10-9-14-12(4)16(13(5)19(14)6)17(21)22-8-2/h11H,7-10H2,1-6H3,(H,18,20)/t11-/m0/s1. The first-order valence-corrected chi connectivity index (χ1v) is 7.94. The number of hydrogen-bond donors (Lipinski definition) is 1. The third-order valence-electron chi connectivity index (χ3n) is 4.17. The molecule has 1 atom stereocenters. The fourth-order valence-corrected chi connectivity index (χ4v) is 2.58. The molecule has 1 heterocycles. The molecule has 0 saturated heterocycles. The summed E-state index contributed by atoms with van der Waals surface area (Å²) in [7, 11) is 1.92. The molecule has 0 bridgehead atoms. The number of carbonyl (C=O) groups is 2. The molecule has 0 fully saturated rings. The topological polar surface area (TPSA) is 60.3 Å². The Morgan fingerprint density at radius 3 is 2.45 bits per heavy atom. The summed E-state index contributed by atoms with van der Waals surface area (Å²) in [6, 6.07) is 0.193. The van der Waals surface area contributed by atoms with Gasteiger partial charge in [-0.25, -0.2) is 4.79 Å². The Hall–Kier alpha value is -1.78. The van der Waals surface area contributed by atoms with E-state index < -0.39 is 0 Å². The first-order chi connectivity index (χ1) is 10.3. The van der Waals surface area contributed by atoms with Gasteiger partial charge in [0.15, 0.2) is 0 Å². The highest BCUT2D eigenvalue weighted by Gasteiger charge is 2.22. The highest BCUT2D eigenvalue weighted by atomic mass is 16.5. The van der Waals surface area contributed by atoms with Crippen LogP contribution in [0.5, 0.6) is 0 Å². The van der Waals surface area contributed by atoms with Gasteiger partial charge < -0.3 is 14.6 Å². The number of rotatable bonds is 7. The van der Waals surface area contributed by atoms with E-state index in [-0.39, 0.29) is 17.9 Å². The molecule has 1 rings (SSSR count). The van der Waals surface area contributed by atoms with Gasteiger partial charge in [-0.05, 0) is 46.1 Å². The predicted octanol–water partition coefficient (Wildman–Crippen LogP) is 2.67. The third kappa shape index (κ3) is 4.12. The first kappa shape index (κ1) is 18.3. The van der Waals surface area contributed by atoms with Crippen LogP contribution in [0.1, 0.15) is 60.9 Å². The van der Waals surface area contributed by atoms with E-state index in [0.717, 1.165) is 23.4 Å². The van der Waals surface area contributed by atoms with Crippen LogP contribution in [-0.4, -0.2) is 29.1 Å². The van der Waals surface area contributed by atoms with Gasteiger partial charge in [-0.3, -0.25) is 4.79 Å². The van der Waals surface area contributed by atoms with Gasteiger partial charge in [-0.1, -0.05) is 6.92 Å². The molecule has 0 spiro atoms. The molecule has 1 N–H and O–H groups in total. The Bertz CT molecular complexity index is 547. The summed E-state index contributed by atoms with van der Waals surface area (Å²) in [4.78, 5) is 24.0. The second kappa shape index (κ2) is 8.01. The predicted molar refractivity (Wildman–Crippen MR) is 87.1 cm³/mol. The molecular weight excluding hydrogens is 280 g/mol. The largest absolute Gasteiger partial charge is 0.462 e. The maximum absolute atomic E-state index is 12.1. The Morgan fingerprint density at radius 1 is 1.27 bits per heavy atom. The van der Waals surface area contributed by atoms with Crippen molar-refractivity contribution in [1.82, 2.24) is 9.88 Å². The molecular formula is C17H28N2O3. The van der Waals surface area contributed by atoms with Crippen molar-refractivity contribution in [3.63, 3.8) is 0 Å². The van der Waals surface area contributed by atoms with E-state index in [1.165, 1.54) is 0 Å². The van der Waals surface area contributed by atoms with Crippen molar-refractivity contribution in [2.75, 3.05) is 6.61 Å². The van der Waals surface area contributed by atoms with Gasteiger partial charge in [0.2, 0.25) is 5.91 Å². The van der Waals surface area contributed by atoms with Crippen molar-refractivity contribution in [2.45, 2.75) is 59.9 Å². The second-order valence-electron chi connectivity index (χ2n) is 5.69. The van der Waals surface area contributed by atoms with Crippen molar-refractivity contribution in [1.29, 1.82) is 0 Å². The van der Waals surface area contributed by atoms with Gasteiger partial charge in [0.1, 0.15) is 0 Å². The van der Waals surface area contributed by atoms with Crippen molar-refractivity contribution in [3.05, 3.63) is 22.5 Å². The molecule has 0 aliphatic rings. The minimum Gasteiger partial charge on any atom is -0.462 e. The van der Waals surface area contributed by atoms with E-state index in [0.29, 0.717) is 25.0 Å². The van der Waals surface area contributed by atoms with Crippen LogP contribution in [0.25, 0.3) is 0 Å². The molecule has 0 radical (unpaired) electrons. The van der Waals surface area contributed by atoms with Crippen molar-refractivity contribution in [2.24, 2.45) is 7.05 Å². The number of carbonyl (C=O) groups excluding carboxylic acids is 2. The highest BCUT2D eigenvalue weighted by molar-refractivity contribution is 5.93. The molecule has 1 aromatic rings. The van der Waals surface area contributed by atoms with E-state index in [1.807, 2.05) is 39.3 Å². The maximum atomic E-state index is 12.1. The van der Waals surface area contributed by atoms with Crippen LogP contribution in [0.15, 0.2) is 0 Å². The van der Waals surface area contributed by atoms with Gasteiger partial charge >= 0.3 is 5.97 Å². The van der Waals surface area contributed by atoms with Crippen LogP contribution in [0.3, 0.4) is 0 Å². The van der Waals surface area contributed by atoms with E-state index in [4.69, 9.17) is 4.74 Å². The Balaban J connectivity index is 2.86. The lowest BCUT2D eigenvalue weighted by molar-refractivity contribution is -0.121. The molecule has 1 amide bonds. The van der Waals surface area contributed by atoms with Gasteiger partial charge in [-0.2, -0.15) is 0 Å². The number of esters is 1. The quantitative estimate of drug-likeness (QED) is 0.788. The van der Waals surface area contributed by atoms with Gasteiger partial charge in [0.05, 0.1) is 12.2 Å². The Labute approximate surface area is 133 Å². The van der Waals surface area contributed by atoms with E-state index in [9.17, 15) is 9.59 Å². The molecule has 0 aromatic carbocycles. The summed E-state index contributed by atoms with van der Waals surface area (Å²) in [5, 5.41) is 2.96. The maximum Gasteiger partial charge on any atom is 0.340 e. The SMILES string of the molecule is CCOC(=O)c1c(C)c(CCC(=O)N[C@@H](C)CC)n(C)c1C. The first-order valence-electron chi connectivity index (χ1n) is 7.94. The van der Waals surface area contributed by atoms with E-state index in [1.54, 1.807) is 6.92 Å². The van der Waals surface area contributed by atoms with Crippen molar-refractivity contribution >= 4 is 11.9 Å². The lowest BCUT2D eigenvalue weighted by Gasteiger charge is -2.12. The summed E-state index contributed by atoms with van der Waals surface area (Å²) in [5.74, 6) is -0.242. The van der Waals surface area contributed by atoms with Crippen molar-refractivity contribution < 1.29 is 14.3 Å². The zero-order chi connectivity index (χ0) is 16.9. The number of ether oxygens (including phenoxy) is 1. The van der Waals surface area contributed by atoms with Crippen LogP contribution in [0, 0.1) is 13.8 Å². The van der Waals surface area contributed by atoms with Crippen LogP contribution in [0.4, 0.5) is 0 Å². The number of nitrogens with one attached hydrogen (secondary N) is 1. The van der Waals surface area contributed by atoms with Gasteiger partial charge in [-0.15, -0.1) is 0 Å². The van der Waals surface area contributed by atoms with Crippen LogP contribution in [-0.2, 0) is 23.0 Å². The summed E-state index contributed by atoms with van der Waals surface area (Å²) in [6.45, 7) is 10.0. The van der Waals surface area contributed by atoms with Crippen LogP contribution >= 0.6 is 0 Å². The average molecular weight is 308 g/mol. The molecule has 124 valence electrons. The number of nitrogens with zero attached hydrogens (tertiary/aromatic N) is 1. The lowest BCUT2D eigenvalue weighted by Crippen LogP contribution is -2.32. The fourth-order valence-electron chi connectivity index (χ4n) is 2.58. The summed E-state index contributed by atoms with van der Waals surface area (Å²) >= 11 is 0. The minimum absolute atomic E-state index is 0.0466. The molecule has 22 heavy (non-hydrogen) atoms. The summed E-state index contributed by atoms with van der Waals surface area (Å²) in [5.41, 5.74) is 3.43. The van der Waals surface area contributed by atoms with Crippen molar-refractivity contribution in [3.8, 4) is 0 Å². The average Bonchev–Trinajstić information content (AvgIpc) is 2.67. The summed E-state index contributed by atoms with van der Waals surface area (Å²) in [6.07, 6.45) is 1.95.